The minimum atomic E-state index is 0. The molecule has 0 radical (unpaired) electrons. The van der Waals surface area contributed by atoms with Crippen LogP contribution in [0.1, 0.15) is 56.6 Å². The molecule has 3 unspecified atom stereocenters. The minimum Gasteiger partial charge on any atom is -0.497 e. The number of nitrogens with one attached hydrogen (secondary N) is 2. The van der Waals surface area contributed by atoms with E-state index in [1.54, 1.807) is 7.11 Å². The van der Waals surface area contributed by atoms with Crippen LogP contribution >= 0.6 is 24.8 Å². The Bertz CT molecular complexity index is 625. The van der Waals surface area contributed by atoms with Crippen LogP contribution < -0.4 is 15.4 Å². The summed E-state index contributed by atoms with van der Waals surface area (Å²) in [4.78, 5) is 15.1. The van der Waals surface area contributed by atoms with Crippen molar-refractivity contribution in [2.75, 3.05) is 26.7 Å². The van der Waals surface area contributed by atoms with Gasteiger partial charge in [-0.25, -0.2) is 0 Å². The number of benzene rings is 1. The number of fused-ring (bicyclic) bond motifs is 2. The Morgan fingerprint density at radius 2 is 1.76 bits per heavy atom. The molecular formula is C22H35Cl2N3O2. The van der Waals surface area contributed by atoms with Crippen LogP contribution in [0.5, 0.6) is 5.75 Å². The Hall–Kier alpha value is -1.01. The molecular weight excluding hydrogens is 409 g/mol. The third-order valence-electron chi connectivity index (χ3n) is 6.62. The van der Waals surface area contributed by atoms with Crippen molar-refractivity contribution in [3.05, 3.63) is 29.8 Å². The van der Waals surface area contributed by atoms with Gasteiger partial charge in [0.15, 0.2) is 0 Å². The maximum atomic E-state index is 12.6. The predicted octanol–water partition coefficient (Wildman–Crippen LogP) is 3.71. The molecule has 7 heteroatoms. The molecule has 29 heavy (non-hydrogen) atoms. The van der Waals surface area contributed by atoms with E-state index in [-0.39, 0.29) is 36.8 Å². The van der Waals surface area contributed by atoms with Crippen LogP contribution in [0.2, 0.25) is 0 Å². The maximum absolute atomic E-state index is 12.6. The average Bonchev–Trinajstić information content (AvgIpc) is 3.32. The summed E-state index contributed by atoms with van der Waals surface area (Å²) in [5.74, 6) is 1.65. The number of halogens is 2. The molecule has 2 N–H and O–H groups in total. The minimum absolute atomic E-state index is 0. The molecule has 0 aromatic heterocycles. The topological polar surface area (TPSA) is 53.6 Å². The second-order valence-electron chi connectivity index (χ2n) is 8.52. The lowest BCUT2D eigenvalue weighted by Gasteiger charge is -2.30. The standard InChI is InChI=1S/C22H33N3O2.2ClH/c1-27-20-8-4-17(5-9-20)21(25-10-2-3-11-25)15-23-22(26)14-16-12-18-6-7-19(13-16)24-18;;/h4-5,8-9,16,18-19,21,24H,2-3,6-7,10-15H2,1H3,(H,23,26);2*1H. The van der Waals surface area contributed by atoms with Crippen LogP contribution in [0.4, 0.5) is 0 Å². The lowest BCUT2D eigenvalue weighted by atomic mass is 9.89. The van der Waals surface area contributed by atoms with Gasteiger partial charge in [0, 0.05) is 25.0 Å². The van der Waals surface area contributed by atoms with Crippen molar-refractivity contribution in [3.63, 3.8) is 0 Å². The smallest absolute Gasteiger partial charge is 0.220 e. The van der Waals surface area contributed by atoms with E-state index in [0.29, 0.717) is 31.0 Å². The van der Waals surface area contributed by atoms with E-state index in [1.165, 1.54) is 31.2 Å². The van der Waals surface area contributed by atoms with E-state index in [1.807, 2.05) is 12.1 Å². The van der Waals surface area contributed by atoms with Crippen molar-refractivity contribution >= 4 is 30.7 Å². The Kier molecular flexibility index (Phi) is 9.54. The Labute approximate surface area is 187 Å². The number of ether oxygens (including phenoxy) is 1. The second kappa shape index (κ2) is 11.4. The van der Waals surface area contributed by atoms with E-state index >= 15 is 0 Å². The molecule has 0 saturated carbocycles. The summed E-state index contributed by atoms with van der Waals surface area (Å²) in [5, 5.41) is 6.91. The molecule has 3 aliphatic rings. The van der Waals surface area contributed by atoms with Crippen molar-refractivity contribution in [2.24, 2.45) is 5.92 Å². The number of amides is 1. The van der Waals surface area contributed by atoms with Crippen LogP contribution in [-0.2, 0) is 4.79 Å². The summed E-state index contributed by atoms with van der Waals surface area (Å²) in [6.45, 7) is 2.93. The Morgan fingerprint density at radius 3 is 2.34 bits per heavy atom. The molecule has 2 bridgehead atoms. The number of carbonyl (C=O) groups excluding carboxylic acids is 1. The van der Waals surface area contributed by atoms with Gasteiger partial charge in [-0.15, -0.1) is 24.8 Å². The molecule has 1 aromatic carbocycles. The molecule has 3 fully saturated rings. The zero-order chi connectivity index (χ0) is 18.6. The number of nitrogens with zero attached hydrogens (tertiary/aromatic N) is 1. The van der Waals surface area contributed by atoms with E-state index in [2.05, 4.69) is 27.7 Å². The first kappa shape index (κ1) is 24.3. The van der Waals surface area contributed by atoms with E-state index < -0.39 is 0 Å². The SMILES string of the molecule is COc1ccc(C(CNC(=O)CC2CC3CCC(C2)N3)N2CCCC2)cc1.Cl.Cl. The van der Waals surface area contributed by atoms with E-state index in [0.717, 1.165) is 31.7 Å². The fourth-order valence-corrected chi connectivity index (χ4v) is 5.22. The number of hydrogen-bond acceptors (Lipinski definition) is 4. The first-order chi connectivity index (χ1) is 13.2. The fraction of sp³-hybridized carbons (Fsp3) is 0.682. The molecule has 1 amide bonds. The monoisotopic (exact) mass is 443 g/mol. The molecule has 3 aliphatic heterocycles. The number of likely N-dealkylation sites (tertiary alicyclic amines) is 1. The summed E-state index contributed by atoms with van der Waals surface area (Å²) >= 11 is 0. The first-order valence-corrected chi connectivity index (χ1v) is 10.6. The predicted molar refractivity (Wildman–Crippen MR) is 121 cm³/mol. The molecule has 4 rings (SSSR count). The quantitative estimate of drug-likeness (QED) is 0.673. The second-order valence-corrected chi connectivity index (χ2v) is 8.52. The van der Waals surface area contributed by atoms with E-state index in [4.69, 9.17) is 4.74 Å². The zero-order valence-corrected chi connectivity index (χ0v) is 18.9. The number of carbonyl (C=O) groups is 1. The largest absolute Gasteiger partial charge is 0.497 e. The number of methoxy groups -OCH3 is 1. The number of piperidine rings is 1. The van der Waals surface area contributed by atoms with Gasteiger partial charge in [0.1, 0.15) is 5.75 Å². The highest BCUT2D eigenvalue weighted by Gasteiger charge is 2.34. The van der Waals surface area contributed by atoms with Crippen LogP contribution in [0.3, 0.4) is 0 Å². The van der Waals surface area contributed by atoms with Crippen LogP contribution in [0.15, 0.2) is 24.3 Å². The van der Waals surface area contributed by atoms with Crippen molar-refractivity contribution in [1.82, 2.24) is 15.5 Å². The summed E-state index contributed by atoms with van der Waals surface area (Å²) in [5.41, 5.74) is 1.26. The van der Waals surface area contributed by atoms with E-state index in [9.17, 15) is 4.79 Å². The third-order valence-corrected chi connectivity index (χ3v) is 6.62. The molecule has 0 spiro atoms. The van der Waals surface area contributed by atoms with Gasteiger partial charge in [0.2, 0.25) is 5.91 Å². The summed E-state index contributed by atoms with van der Waals surface area (Å²) in [6, 6.07) is 9.87. The average molecular weight is 444 g/mol. The molecule has 1 aromatic rings. The lowest BCUT2D eigenvalue weighted by molar-refractivity contribution is -0.122. The van der Waals surface area contributed by atoms with Gasteiger partial charge >= 0.3 is 0 Å². The van der Waals surface area contributed by atoms with Crippen LogP contribution in [0, 0.1) is 5.92 Å². The summed E-state index contributed by atoms with van der Waals surface area (Å²) < 4.78 is 5.29. The van der Waals surface area contributed by atoms with Crippen molar-refractivity contribution in [3.8, 4) is 5.75 Å². The lowest BCUT2D eigenvalue weighted by Crippen LogP contribution is -2.41. The fourth-order valence-electron chi connectivity index (χ4n) is 5.22. The van der Waals surface area contributed by atoms with Gasteiger partial charge in [-0.1, -0.05) is 12.1 Å². The van der Waals surface area contributed by atoms with Crippen LogP contribution in [0.25, 0.3) is 0 Å². The van der Waals surface area contributed by atoms with Crippen molar-refractivity contribution in [1.29, 1.82) is 0 Å². The highest BCUT2D eigenvalue weighted by Crippen LogP contribution is 2.32. The van der Waals surface area contributed by atoms with Gasteiger partial charge in [-0.05, 0) is 75.2 Å². The van der Waals surface area contributed by atoms with Crippen molar-refractivity contribution < 1.29 is 9.53 Å². The number of hydrogen-bond donors (Lipinski definition) is 2. The zero-order valence-electron chi connectivity index (χ0n) is 17.3. The highest BCUT2D eigenvalue weighted by molar-refractivity contribution is 5.85. The molecule has 5 nitrogen and oxygen atoms in total. The third kappa shape index (κ3) is 6.24. The van der Waals surface area contributed by atoms with Gasteiger partial charge in [0.05, 0.1) is 13.2 Å². The van der Waals surface area contributed by atoms with Crippen LogP contribution in [-0.4, -0.2) is 49.6 Å². The molecule has 3 heterocycles. The normalized spacial score (nSPS) is 26.9. The van der Waals surface area contributed by atoms with Gasteiger partial charge in [-0.2, -0.15) is 0 Å². The number of rotatable bonds is 7. The van der Waals surface area contributed by atoms with Gasteiger partial charge in [0.25, 0.3) is 0 Å². The summed E-state index contributed by atoms with van der Waals surface area (Å²) in [7, 11) is 1.69. The molecule has 0 aliphatic carbocycles. The Balaban J connectivity index is 0.00000150. The molecule has 3 atom stereocenters. The molecule has 164 valence electrons. The van der Waals surface area contributed by atoms with Gasteiger partial charge in [-0.3, -0.25) is 9.69 Å². The Morgan fingerprint density at radius 1 is 1.14 bits per heavy atom. The summed E-state index contributed by atoms with van der Waals surface area (Å²) in [6.07, 6.45) is 8.09. The van der Waals surface area contributed by atoms with Gasteiger partial charge < -0.3 is 15.4 Å². The highest BCUT2D eigenvalue weighted by atomic mass is 35.5. The molecule has 3 saturated heterocycles. The maximum Gasteiger partial charge on any atom is 0.220 e. The first-order valence-electron chi connectivity index (χ1n) is 10.6. The van der Waals surface area contributed by atoms with Crippen molar-refractivity contribution in [2.45, 2.75) is 63.1 Å².